The molecule has 0 saturated heterocycles. The molecule has 0 aliphatic heterocycles. The van der Waals surface area contributed by atoms with Gasteiger partial charge in [0.15, 0.2) is 0 Å². The number of nitrogens with zero attached hydrogens (tertiary/aromatic N) is 2. The second kappa shape index (κ2) is 4.94. The number of carbonyl (C=O) groups is 1. The number of hydrogen-bond acceptors (Lipinski definition) is 4. The van der Waals surface area contributed by atoms with Gasteiger partial charge in [0.1, 0.15) is 11.5 Å². The first-order valence-electron chi connectivity index (χ1n) is 8.19. The Labute approximate surface area is 140 Å². The van der Waals surface area contributed by atoms with Crippen molar-refractivity contribution >= 4 is 17.2 Å². The van der Waals surface area contributed by atoms with E-state index in [9.17, 15) is 4.79 Å². The maximum absolute atomic E-state index is 13.2. The molecule has 0 bridgehead atoms. The van der Waals surface area contributed by atoms with E-state index in [-0.39, 0.29) is 16.7 Å². The molecule has 0 aromatic carbocycles. The van der Waals surface area contributed by atoms with Crippen LogP contribution in [0.5, 0.6) is 0 Å². The molecule has 1 atom stereocenters. The standard InChI is InChI=1S/C18H22N2O2S/c1-17(2)11-18(17,15-5-4-8-23-15)16(21)20(3)10-13-9-14(22-19-13)12-6-7-12/h4-5,8-9,12H,6-7,10-11H2,1-3H3/t18-/m0/s1. The van der Waals surface area contributed by atoms with Crippen molar-refractivity contribution in [1.29, 1.82) is 0 Å². The van der Waals surface area contributed by atoms with Crippen molar-refractivity contribution in [3.63, 3.8) is 0 Å². The van der Waals surface area contributed by atoms with Crippen LogP contribution in [0, 0.1) is 5.41 Å². The van der Waals surface area contributed by atoms with Crippen LogP contribution in [0.4, 0.5) is 0 Å². The van der Waals surface area contributed by atoms with Gasteiger partial charge < -0.3 is 9.42 Å². The average molecular weight is 330 g/mol. The maximum atomic E-state index is 13.2. The number of aromatic nitrogens is 1. The van der Waals surface area contributed by atoms with Crippen molar-refractivity contribution in [1.82, 2.24) is 10.1 Å². The van der Waals surface area contributed by atoms with Crippen LogP contribution in [-0.4, -0.2) is 23.0 Å². The third kappa shape index (κ3) is 2.33. The predicted octanol–water partition coefficient (Wildman–Crippen LogP) is 3.94. The highest BCUT2D eigenvalue weighted by Gasteiger charge is 2.68. The highest BCUT2D eigenvalue weighted by atomic mass is 32.1. The Balaban J connectivity index is 1.53. The molecule has 2 aliphatic rings. The molecule has 2 fully saturated rings. The molecule has 23 heavy (non-hydrogen) atoms. The molecule has 122 valence electrons. The van der Waals surface area contributed by atoms with Crippen LogP contribution in [0.15, 0.2) is 28.1 Å². The smallest absolute Gasteiger partial charge is 0.234 e. The van der Waals surface area contributed by atoms with E-state index >= 15 is 0 Å². The minimum atomic E-state index is -0.362. The van der Waals surface area contributed by atoms with Crippen LogP contribution in [0.25, 0.3) is 0 Å². The second-order valence-electron chi connectivity index (χ2n) is 7.60. The normalized spacial score (nSPS) is 25.3. The summed E-state index contributed by atoms with van der Waals surface area (Å²) in [5.74, 6) is 1.72. The van der Waals surface area contributed by atoms with E-state index in [0.29, 0.717) is 12.5 Å². The number of rotatable bonds is 5. The molecule has 4 rings (SSSR count). The summed E-state index contributed by atoms with van der Waals surface area (Å²) in [6.07, 6.45) is 3.30. The van der Waals surface area contributed by atoms with Gasteiger partial charge in [-0.3, -0.25) is 4.79 Å². The Morgan fingerprint density at radius 1 is 1.48 bits per heavy atom. The molecule has 2 aromatic heterocycles. The highest BCUT2D eigenvalue weighted by Crippen LogP contribution is 2.66. The molecule has 2 saturated carbocycles. The Hall–Kier alpha value is -1.62. The zero-order valence-electron chi connectivity index (χ0n) is 13.8. The molecular formula is C18H22N2O2S. The number of hydrogen-bond donors (Lipinski definition) is 0. The highest BCUT2D eigenvalue weighted by molar-refractivity contribution is 7.10. The number of thiophene rings is 1. The van der Waals surface area contributed by atoms with Gasteiger partial charge in [0.25, 0.3) is 0 Å². The number of carbonyl (C=O) groups excluding carboxylic acids is 1. The maximum Gasteiger partial charge on any atom is 0.234 e. The molecule has 2 aliphatic carbocycles. The number of likely N-dealkylation sites (N-methyl/N-ethyl adjacent to an activating group) is 1. The predicted molar refractivity (Wildman–Crippen MR) is 89.3 cm³/mol. The summed E-state index contributed by atoms with van der Waals surface area (Å²) in [5, 5.41) is 6.19. The zero-order chi connectivity index (χ0) is 16.2. The molecule has 1 amide bonds. The van der Waals surface area contributed by atoms with Crippen LogP contribution < -0.4 is 0 Å². The van der Waals surface area contributed by atoms with Crippen LogP contribution >= 0.6 is 11.3 Å². The van der Waals surface area contributed by atoms with E-state index in [1.165, 1.54) is 17.7 Å². The lowest BCUT2D eigenvalue weighted by Gasteiger charge is -2.25. The third-order valence-corrected chi connectivity index (χ3v) is 6.38. The first-order chi connectivity index (χ1) is 10.9. The van der Waals surface area contributed by atoms with Crippen molar-refractivity contribution < 1.29 is 9.32 Å². The molecule has 0 spiro atoms. The molecule has 5 heteroatoms. The molecule has 0 radical (unpaired) electrons. The summed E-state index contributed by atoms with van der Waals surface area (Å²) in [4.78, 5) is 16.2. The molecule has 2 aromatic rings. The minimum Gasteiger partial charge on any atom is -0.361 e. The molecule has 0 unspecified atom stereocenters. The summed E-state index contributed by atoms with van der Waals surface area (Å²) >= 11 is 1.68. The van der Waals surface area contributed by atoms with Crippen molar-refractivity contribution in [2.45, 2.75) is 51.0 Å². The fraction of sp³-hybridized carbons (Fsp3) is 0.556. The van der Waals surface area contributed by atoms with Crippen LogP contribution in [0.3, 0.4) is 0 Å². The van der Waals surface area contributed by atoms with Gasteiger partial charge >= 0.3 is 0 Å². The monoisotopic (exact) mass is 330 g/mol. The van der Waals surface area contributed by atoms with Gasteiger partial charge in [0, 0.05) is 23.9 Å². The molecule has 2 heterocycles. The largest absolute Gasteiger partial charge is 0.361 e. The fourth-order valence-corrected chi connectivity index (χ4v) is 4.73. The van der Waals surface area contributed by atoms with Gasteiger partial charge in [0.2, 0.25) is 5.91 Å². The summed E-state index contributed by atoms with van der Waals surface area (Å²) in [5.41, 5.74) is 0.507. The quantitative estimate of drug-likeness (QED) is 0.834. The van der Waals surface area contributed by atoms with E-state index in [1.54, 1.807) is 11.3 Å². The topological polar surface area (TPSA) is 46.3 Å². The van der Waals surface area contributed by atoms with Gasteiger partial charge in [0.05, 0.1) is 12.0 Å². The lowest BCUT2D eigenvalue weighted by atomic mass is 9.92. The Morgan fingerprint density at radius 2 is 2.22 bits per heavy atom. The molecular weight excluding hydrogens is 308 g/mol. The van der Waals surface area contributed by atoms with Crippen molar-refractivity contribution in [2.24, 2.45) is 5.41 Å². The first kappa shape index (κ1) is 14.9. The zero-order valence-corrected chi connectivity index (χ0v) is 14.7. The lowest BCUT2D eigenvalue weighted by molar-refractivity contribution is -0.134. The van der Waals surface area contributed by atoms with E-state index in [2.05, 4.69) is 30.5 Å². The molecule has 4 nitrogen and oxygen atoms in total. The second-order valence-corrected chi connectivity index (χ2v) is 8.55. The SMILES string of the molecule is CN(Cc1cc(C2CC2)on1)C(=O)[C@@]1(c2cccs2)CC1(C)C. The lowest BCUT2D eigenvalue weighted by Crippen LogP contribution is -2.38. The van der Waals surface area contributed by atoms with Crippen molar-refractivity contribution in [2.75, 3.05) is 7.05 Å². The summed E-state index contributed by atoms with van der Waals surface area (Å²) in [6, 6.07) is 6.13. The van der Waals surface area contributed by atoms with E-state index in [0.717, 1.165) is 17.9 Å². The Bertz CT molecular complexity index is 730. The minimum absolute atomic E-state index is 0.0200. The average Bonchev–Trinajstić information content (AvgIpc) is 3.27. The van der Waals surface area contributed by atoms with Gasteiger partial charge in [-0.15, -0.1) is 11.3 Å². The first-order valence-corrected chi connectivity index (χ1v) is 9.07. The van der Waals surface area contributed by atoms with Gasteiger partial charge in [-0.05, 0) is 36.1 Å². The fourth-order valence-electron chi connectivity index (χ4n) is 3.63. The van der Waals surface area contributed by atoms with Gasteiger partial charge in [-0.2, -0.15) is 0 Å². The summed E-state index contributed by atoms with van der Waals surface area (Å²) in [6.45, 7) is 4.87. The van der Waals surface area contributed by atoms with Crippen molar-refractivity contribution in [3.05, 3.63) is 39.9 Å². The molecule has 0 N–H and O–H groups in total. The van der Waals surface area contributed by atoms with Crippen LogP contribution in [0.1, 0.15) is 55.4 Å². The Morgan fingerprint density at radius 3 is 2.78 bits per heavy atom. The van der Waals surface area contributed by atoms with Crippen LogP contribution in [0.2, 0.25) is 0 Å². The van der Waals surface area contributed by atoms with E-state index in [4.69, 9.17) is 4.52 Å². The third-order valence-electron chi connectivity index (χ3n) is 5.35. The van der Waals surface area contributed by atoms with E-state index in [1.807, 2.05) is 24.1 Å². The number of amides is 1. The Kier molecular flexibility index (Phi) is 3.21. The van der Waals surface area contributed by atoms with Crippen LogP contribution in [-0.2, 0) is 16.8 Å². The van der Waals surface area contributed by atoms with Gasteiger partial charge in [-0.1, -0.05) is 25.1 Å². The summed E-state index contributed by atoms with van der Waals surface area (Å²) < 4.78 is 5.40. The van der Waals surface area contributed by atoms with Gasteiger partial charge in [-0.25, -0.2) is 0 Å². The van der Waals surface area contributed by atoms with E-state index < -0.39 is 0 Å². The van der Waals surface area contributed by atoms with Crippen molar-refractivity contribution in [3.8, 4) is 0 Å². The summed E-state index contributed by atoms with van der Waals surface area (Å²) in [7, 11) is 1.87.